The van der Waals surface area contributed by atoms with Crippen molar-refractivity contribution in [2.45, 2.75) is 18.9 Å². The van der Waals surface area contributed by atoms with Crippen LogP contribution in [0, 0.1) is 0 Å². The SMILES string of the molecule is CC(=O)OCC(N)(Cc1ccccc1)c1c(Cl)c(Cl)nc(Cl)c1Cl. The molecule has 1 aromatic heterocycles. The molecular weight excluding hydrogens is 394 g/mol. The van der Waals surface area contributed by atoms with Gasteiger partial charge in [0, 0.05) is 12.5 Å². The molecule has 8 heteroatoms. The van der Waals surface area contributed by atoms with Crippen LogP contribution in [0.1, 0.15) is 18.1 Å². The minimum Gasteiger partial charge on any atom is -0.464 e. The fraction of sp³-hybridized carbons (Fsp3) is 0.250. The summed E-state index contributed by atoms with van der Waals surface area (Å²) in [6, 6.07) is 9.41. The number of esters is 1. The van der Waals surface area contributed by atoms with Crippen molar-refractivity contribution in [1.29, 1.82) is 0 Å². The van der Waals surface area contributed by atoms with Gasteiger partial charge in [-0.2, -0.15) is 0 Å². The van der Waals surface area contributed by atoms with Crippen LogP contribution in [0.2, 0.25) is 20.4 Å². The fourth-order valence-corrected chi connectivity index (χ4v) is 3.43. The first-order valence-corrected chi connectivity index (χ1v) is 8.42. The number of carbonyl (C=O) groups excluding carboxylic acids is 1. The highest BCUT2D eigenvalue weighted by atomic mass is 35.5. The lowest BCUT2D eigenvalue weighted by atomic mass is 9.85. The highest BCUT2D eigenvalue weighted by Crippen LogP contribution is 2.41. The molecule has 1 unspecified atom stereocenters. The number of pyridine rings is 1. The number of aromatic nitrogens is 1. The Bertz CT molecular complexity index is 729. The van der Waals surface area contributed by atoms with Gasteiger partial charge in [0.05, 0.1) is 15.6 Å². The zero-order valence-corrected chi connectivity index (χ0v) is 15.7. The second kappa shape index (κ2) is 7.89. The quantitative estimate of drug-likeness (QED) is 0.578. The number of benzene rings is 1. The van der Waals surface area contributed by atoms with E-state index in [9.17, 15) is 4.79 Å². The molecule has 1 aromatic carbocycles. The minimum absolute atomic E-state index is 0.0215. The molecule has 128 valence electrons. The van der Waals surface area contributed by atoms with E-state index in [1.54, 1.807) is 0 Å². The monoisotopic (exact) mass is 406 g/mol. The minimum atomic E-state index is -1.22. The van der Waals surface area contributed by atoms with Crippen LogP contribution in [0.3, 0.4) is 0 Å². The zero-order chi connectivity index (χ0) is 17.9. The Kier molecular flexibility index (Phi) is 6.34. The highest BCUT2D eigenvalue weighted by Gasteiger charge is 2.36. The van der Waals surface area contributed by atoms with E-state index in [1.165, 1.54) is 6.92 Å². The van der Waals surface area contributed by atoms with Gasteiger partial charge in [0.25, 0.3) is 0 Å². The number of carbonyl (C=O) groups is 1. The van der Waals surface area contributed by atoms with Crippen LogP contribution in [0.15, 0.2) is 30.3 Å². The summed E-state index contributed by atoms with van der Waals surface area (Å²) in [5, 5.41) is 0.117. The molecule has 0 amide bonds. The van der Waals surface area contributed by atoms with Crippen molar-refractivity contribution in [1.82, 2.24) is 4.98 Å². The summed E-state index contributed by atoms with van der Waals surface area (Å²) in [6.45, 7) is 1.14. The lowest BCUT2D eigenvalue weighted by molar-refractivity contribution is -0.142. The van der Waals surface area contributed by atoms with Crippen molar-refractivity contribution in [3.05, 3.63) is 61.8 Å². The normalized spacial score (nSPS) is 13.4. The van der Waals surface area contributed by atoms with Gasteiger partial charge in [-0.15, -0.1) is 0 Å². The predicted octanol–water partition coefficient (Wildman–Crippen LogP) is 4.66. The third-order valence-corrected chi connectivity index (χ3v) is 4.87. The summed E-state index contributed by atoms with van der Waals surface area (Å²) < 4.78 is 5.14. The molecule has 0 saturated heterocycles. The molecule has 24 heavy (non-hydrogen) atoms. The summed E-state index contributed by atoms with van der Waals surface area (Å²) in [5.74, 6) is -0.476. The zero-order valence-electron chi connectivity index (χ0n) is 12.7. The van der Waals surface area contributed by atoms with Crippen molar-refractivity contribution >= 4 is 52.4 Å². The first-order valence-electron chi connectivity index (χ1n) is 6.91. The largest absolute Gasteiger partial charge is 0.464 e. The topological polar surface area (TPSA) is 65.2 Å². The van der Waals surface area contributed by atoms with E-state index < -0.39 is 11.5 Å². The van der Waals surface area contributed by atoms with E-state index in [-0.39, 0.29) is 27.0 Å². The van der Waals surface area contributed by atoms with Gasteiger partial charge in [0.15, 0.2) is 0 Å². The molecule has 2 rings (SSSR count). The molecular formula is C16H14Cl4N2O2. The van der Waals surface area contributed by atoms with Crippen LogP contribution < -0.4 is 5.73 Å². The molecule has 0 bridgehead atoms. The van der Waals surface area contributed by atoms with Gasteiger partial charge < -0.3 is 10.5 Å². The van der Waals surface area contributed by atoms with Crippen LogP contribution in [-0.2, 0) is 21.5 Å². The Morgan fingerprint density at radius 2 is 1.67 bits per heavy atom. The van der Waals surface area contributed by atoms with Crippen LogP contribution in [0.25, 0.3) is 0 Å². The van der Waals surface area contributed by atoms with Gasteiger partial charge in [-0.25, -0.2) is 4.98 Å². The average molecular weight is 408 g/mol. The Labute approximate surface area is 159 Å². The summed E-state index contributed by atoms with van der Waals surface area (Å²) in [4.78, 5) is 15.1. The number of halogens is 4. The predicted molar refractivity (Wildman–Crippen MR) is 96.9 cm³/mol. The number of ether oxygens (including phenoxy) is 1. The van der Waals surface area contributed by atoms with Crippen LogP contribution in [0.5, 0.6) is 0 Å². The van der Waals surface area contributed by atoms with Gasteiger partial charge in [0.2, 0.25) is 0 Å². The van der Waals surface area contributed by atoms with Gasteiger partial charge in [-0.1, -0.05) is 76.7 Å². The highest BCUT2D eigenvalue weighted by molar-refractivity contribution is 6.46. The maximum atomic E-state index is 11.3. The number of rotatable bonds is 5. The smallest absolute Gasteiger partial charge is 0.302 e. The molecule has 0 fully saturated rings. The standard InChI is InChI=1S/C16H14Cl4N2O2/c1-9(23)24-8-16(21,7-10-5-3-2-4-6-10)11-12(17)14(19)22-15(20)13(11)18/h2-6H,7-8,21H2,1H3. The van der Waals surface area contributed by atoms with Crippen molar-refractivity contribution in [2.24, 2.45) is 5.73 Å². The van der Waals surface area contributed by atoms with Gasteiger partial charge in [-0.3, -0.25) is 4.79 Å². The number of hydrogen-bond donors (Lipinski definition) is 1. The van der Waals surface area contributed by atoms with Gasteiger partial charge in [-0.05, 0) is 12.0 Å². The van der Waals surface area contributed by atoms with E-state index in [2.05, 4.69) is 4.98 Å². The third kappa shape index (κ3) is 4.32. The van der Waals surface area contributed by atoms with E-state index in [0.717, 1.165) is 5.56 Å². The molecule has 0 aliphatic carbocycles. The Morgan fingerprint density at radius 1 is 1.12 bits per heavy atom. The van der Waals surface area contributed by atoms with Gasteiger partial charge >= 0.3 is 5.97 Å². The summed E-state index contributed by atoms with van der Waals surface area (Å²) in [5.41, 5.74) is 6.52. The maximum Gasteiger partial charge on any atom is 0.302 e. The number of nitrogens with two attached hydrogens (primary N) is 1. The Hall–Kier alpha value is -1.04. The van der Waals surface area contributed by atoms with E-state index in [1.807, 2.05) is 30.3 Å². The molecule has 0 radical (unpaired) electrons. The van der Waals surface area contributed by atoms with Crippen LogP contribution in [-0.4, -0.2) is 17.6 Å². The fourth-order valence-electron chi connectivity index (χ4n) is 2.33. The lowest BCUT2D eigenvalue weighted by Gasteiger charge is -2.31. The molecule has 1 heterocycles. The van der Waals surface area contributed by atoms with Crippen molar-refractivity contribution in [2.75, 3.05) is 6.61 Å². The second-order valence-electron chi connectivity index (χ2n) is 5.30. The van der Waals surface area contributed by atoms with Crippen LogP contribution in [0.4, 0.5) is 0 Å². The van der Waals surface area contributed by atoms with Crippen molar-refractivity contribution in [3.8, 4) is 0 Å². The lowest BCUT2D eigenvalue weighted by Crippen LogP contribution is -2.45. The van der Waals surface area contributed by atoms with E-state index in [4.69, 9.17) is 56.9 Å². The summed E-state index contributed by atoms with van der Waals surface area (Å²) in [7, 11) is 0. The maximum absolute atomic E-state index is 11.3. The van der Waals surface area contributed by atoms with Crippen molar-refractivity contribution < 1.29 is 9.53 Å². The average Bonchev–Trinajstić information content (AvgIpc) is 2.52. The molecule has 2 N–H and O–H groups in total. The summed E-state index contributed by atoms with van der Waals surface area (Å²) in [6.07, 6.45) is 0.303. The van der Waals surface area contributed by atoms with E-state index >= 15 is 0 Å². The molecule has 0 saturated carbocycles. The van der Waals surface area contributed by atoms with Gasteiger partial charge in [0.1, 0.15) is 16.9 Å². The first-order chi connectivity index (χ1) is 11.2. The third-order valence-electron chi connectivity index (χ3n) is 3.39. The summed E-state index contributed by atoms with van der Waals surface area (Å²) >= 11 is 24.6. The number of hydrogen-bond acceptors (Lipinski definition) is 4. The molecule has 4 nitrogen and oxygen atoms in total. The Morgan fingerprint density at radius 3 is 2.17 bits per heavy atom. The second-order valence-corrected chi connectivity index (χ2v) is 6.77. The first kappa shape index (κ1) is 19.3. The van der Waals surface area contributed by atoms with Crippen LogP contribution >= 0.6 is 46.4 Å². The van der Waals surface area contributed by atoms with Crippen molar-refractivity contribution in [3.63, 3.8) is 0 Å². The molecule has 2 aromatic rings. The number of nitrogens with zero attached hydrogens (tertiary/aromatic N) is 1. The molecule has 0 aliphatic heterocycles. The molecule has 0 aliphatic rings. The Balaban J connectivity index is 2.56. The molecule has 1 atom stereocenters. The molecule has 0 spiro atoms. The van der Waals surface area contributed by atoms with E-state index in [0.29, 0.717) is 12.0 Å².